The van der Waals surface area contributed by atoms with Crippen molar-refractivity contribution in [1.29, 1.82) is 0 Å². The van der Waals surface area contributed by atoms with Gasteiger partial charge in [0.1, 0.15) is 47.5 Å². The van der Waals surface area contributed by atoms with Crippen molar-refractivity contribution in [2.75, 3.05) is 150 Å². The Morgan fingerprint density at radius 2 is 1.43 bits per heavy atom. The minimum absolute atomic E-state index is 0.0202. The number of carbonyl (C=O) groups excluding carboxylic acids is 6. The van der Waals surface area contributed by atoms with E-state index in [2.05, 4.69) is 68.2 Å². The second-order valence-corrected chi connectivity index (χ2v) is 34.0. The van der Waals surface area contributed by atoms with Gasteiger partial charge in [-0.15, -0.1) is 0 Å². The molecule has 1 saturated carbocycles. The number of anilines is 2. The van der Waals surface area contributed by atoms with E-state index in [9.17, 15) is 33.9 Å². The lowest BCUT2D eigenvalue weighted by molar-refractivity contribution is -0.157. The predicted molar refractivity (Wildman–Crippen MR) is 463 cm³/mol. The van der Waals surface area contributed by atoms with Gasteiger partial charge in [-0.25, -0.2) is 19.4 Å². The van der Waals surface area contributed by atoms with Crippen LogP contribution in [0.3, 0.4) is 0 Å². The van der Waals surface area contributed by atoms with Crippen LogP contribution in [0.5, 0.6) is 0 Å². The van der Waals surface area contributed by atoms with Gasteiger partial charge in [0.15, 0.2) is 11.2 Å². The Balaban J connectivity index is 0.441. The summed E-state index contributed by atoms with van der Waals surface area (Å²) in [6, 6.07) is 13.1. The molecule has 1 aliphatic carbocycles. The number of oxazole rings is 1. The number of rotatable bonds is 52. The van der Waals surface area contributed by atoms with Gasteiger partial charge in [0.05, 0.1) is 116 Å². The molecular weight excluding hydrogens is 1560 g/mol. The number of aliphatic hydroxyl groups excluding tert-OH is 1. The lowest BCUT2D eigenvalue weighted by Gasteiger charge is -2.34. The fourth-order valence-electron chi connectivity index (χ4n) is 17.8. The van der Waals surface area contributed by atoms with E-state index < -0.39 is 30.0 Å². The fourth-order valence-corrected chi connectivity index (χ4v) is 17.8. The molecule has 3 unspecified atom stereocenters. The maximum Gasteiger partial charge on any atom is 0.407 e. The number of benzene rings is 2. The van der Waals surface area contributed by atoms with Crippen molar-refractivity contribution in [2.24, 2.45) is 23.7 Å². The fraction of sp³-hybridized carbons (Fsp3) is 0.652. The molecule has 5 aliphatic heterocycles. The summed E-state index contributed by atoms with van der Waals surface area (Å²) in [7, 11) is 1.67. The first-order valence-electron chi connectivity index (χ1n) is 44.7. The zero-order valence-electron chi connectivity index (χ0n) is 72.8. The van der Waals surface area contributed by atoms with Crippen molar-refractivity contribution in [3.05, 3.63) is 107 Å². The molecule has 5 aromatic rings. The summed E-state index contributed by atoms with van der Waals surface area (Å²) in [4.78, 5) is 98.4. The van der Waals surface area contributed by atoms with E-state index in [1.54, 1.807) is 12.0 Å². The summed E-state index contributed by atoms with van der Waals surface area (Å²) in [6.45, 7) is 23.3. The number of nitrogens with zero attached hydrogens (tertiary/aromatic N) is 9. The minimum atomic E-state index is -0.877. The van der Waals surface area contributed by atoms with E-state index in [1.807, 2.05) is 78.9 Å². The molecule has 10 atom stereocenters. The highest BCUT2D eigenvalue weighted by Crippen LogP contribution is 2.36. The molecule has 122 heavy (non-hydrogen) atoms. The van der Waals surface area contributed by atoms with Gasteiger partial charge in [-0.1, -0.05) is 75.4 Å². The first-order chi connectivity index (χ1) is 59.2. The zero-order valence-corrected chi connectivity index (χ0v) is 72.8. The number of aromatic nitrogens is 5. The van der Waals surface area contributed by atoms with Gasteiger partial charge < -0.3 is 83.5 Å². The van der Waals surface area contributed by atoms with Gasteiger partial charge in [-0.2, -0.15) is 10.1 Å². The van der Waals surface area contributed by atoms with Gasteiger partial charge in [0.2, 0.25) is 11.7 Å². The van der Waals surface area contributed by atoms with Crippen LogP contribution in [0, 0.1) is 23.7 Å². The smallest absolute Gasteiger partial charge is 0.407 e. The second kappa shape index (κ2) is 49.3. The van der Waals surface area contributed by atoms with Crippen LogP contribution in [0.15, 0.2) is 94.7 Å². The summed E-state index contributed by atoms with van der Waals surface area (Å²) >= 11 is 0. The third kappa shape index (κ3) is 29.1. The molecular formula is C92H134N12O18. The number of ether oxygens (including phenoxy) is 10. The van der Waals surface area contributed by atoms with Gasteiger partial charge >= 0.3 is 6.09 Å². The third-order valence-corrected chi connectivity index (χ3v) is 24.9. The summed E-state index contributed by atoms with van der Waals surface area (Å²) in [5, 5.41) is 19.5. The van der Waals surface area contributed by atoms with E-state index in [0.29, 0.717) is 209 Å². The number of nitrogens with two attached hydrogens (primary N) is 2. The van der Waals surface area contributed by atoms with Crippen LogP contribution < -0.4 is 16.8 Å². The summed E-state index contributed by atoms with van der Waals surface area (Å²) in [6.07, 6.45) is 25.9. The SMILES string of the molecule is CO[C@@H](CC1CCCC(C(=O)C(=O)N2CCCCC2)O1)/C(C)=C/C=C/C=C/[C@@H](C)C[C@@H](C)C(=O)C[C@H](O)/C(C)=C/[C@@H](C)CC[C@@H](CCC1CCC(OC(=O)NCCOCCOCCN2C[C@@H]3CC2CN3CCOCCOCCOCCOCCC(=O)N2CCc3cc(Cn4nc(-c5ccc6oc(N)nc6c5)c5c(N)ncnc54)ccc3C2)CC1)OC=O. The molecule has 3 aromatic heterocycles. The normalized spacial score (nSPS) is 21.5. The highest BCUT2D eigenvalue weighted by atomic mass is 16.6. The van der Waals surface area contributed by atoms with Crippen LogP contribution in [0.1, 0.15) is 173 Å². The van der Waals surface area contributed by atoms with Crippen LogP contribution in [-0.2, 0) is 90.9 Å². The number of likely N-dealkylation sites (tertiary alicyclic amines) is 3. The van der Waals surface area contributed by atoms with Crippen molar-refractivity contribution in [1.82, 2.24) is 49.6 Å². The van der Waals surface area contributed by atoms with Crippen LogP contribution >= 0.6 is 0 Å². The monoisotopic (exact) mass is 1690 g/mol. The number of hydrogen-bond acceptors (Lipinski definition) is 26. The number of allylic oxidation sites excluding steroid dienone is 6. The number of Topliss-reactive ketones (excluding diaryl/α,β-unsaturated/α-hetero) is 2. The quantitative estimate of drug-likeness (QED) is 0.00923. The molecule has 11 rings (SSSR count). The van der Waals surface area contributed by atoms with E-state index in [4.69, 9.17) is 68.4 Å². The molecule has 2 aromatic carbocycles. The molecule has 4 saturated heterocycles. The predicted octanol–water partition coefficient (Wildman–Crippen LogP) is 10.9. The zero-order chi connectivity index (χ0) is 86.1. The standard InChI is InChI=1S/C92H134N12O18/c1-63(14-9-7-10-15-65(3)83(112-6)55-77-16-13-17-82(120-77)87(109)90(110)100-33-11-8-12-34-100)50-66(4)79(106)56-80(107)67(5)51-64(2)18-25-75(119-62-105)26-20-68-21-27-76(28-22-68)121-92(111)95-32-39-114-43-44-115-40-36-101-59-74-54-73(101)60-102(74)37-41-116-45-47-118-49-48-117-46-42-113-38-31-84(108)103-35-30-70-52-69(19-23-72(70)58-103)57-104-89-85(88(93)96-61-97-89)86(99-104)71-24-29-81-78(53-71)98-91(94)122-81/h7,9-10,14-15,19,23-24,29,51-53,61-64,66,68,73-77,80,82-83,107H,8,11-13,16-18,20-22,25-28,30-50,54-60H2,1-6H3,(H2,94,98)(H,95,111)(H2,93,96,97)/b10-7+,14-9+,65-15+,67-51+/t63-,64+,66-,68?,73?,74+,75+,76?,77?,80+,82?,83+/m1/s1. The topological polar surface area (TPSA) is 362 Å². The molecule has 6 N–H and O–H groups in total. The lowest BCUT2D eigenvalue weighted by atomic mass is 9.83. The number of nitrogens with one attached hydrogen (secondary N) is 1. The number of nitrogen functional groups attached to an aromatic ring is 2. The molecule has 30 heteroatoms. The van der Waals surface area contributed by atoms with Crippen LogP contribution in [0.4, 0.5) is 16.6 Å². The number of amides is 3. The first-order valence-corrected chi connectivity index (χ1v) is 44.7. The molecule has 0 radical (unpaired) electrons. The molecule has 3 amide bonds. The van der Waals surface area contributed by atoms with Crippen LogP contribution in [-0.4, -0.2) is 273 Å². The van der Waals surface area contributed by atoms with E-state index in [1.165, 1.54) is 18.3 Å². The average Bonchev–Trinajstić information content (AvgIpc) is 1.61. The number of alkyl carbamates (subject to hydrolysis) is 1. The van der Waals surface area contributed by atoms with Gasteiger partial charge in [0.25, 0.3) is 18.4 Å². The van der Waals surface area contributed by atoms with Crippen molar-refractivity contribution >= 4 is 69.9 Å². The number of methoxy groups -OCH3 is 1. The van der Waals surface area contributed by atoms with Crippen molar-refractivity contribution in [2.45, 2.75) is 225 Å². The minimum Gasteiger partial charge on any atom is -0.465 e. The Bertz CT molecular complexity index is 4270. The number of piperazine rings is 1. The summed E-state index contributed by atoms with van der Waals surface area (Å²) in [5.74, 6) is 0.0482. The van der Waals surface area contributed by atoms with E-state index in [-0.39, 0.29) is 66.3 Å². The Morgan fingerprint density at radius 1 is 0.721 bits per heavy atom. The third-order valence-electron chi connectivity index (χ3n) is 24.9. The van der Waals surface area contributed by atoms with Gasteiger partial charge in [0, 0.05) is 102 Å². The molecule has 5 fully saturated rings. The Hall–Kier alpha value is -8.40. The average molecular weight is 1700 g/mol. The number of aliphatic hydroxyl groups is 1. The second-order valence-electron chi connectivity index (χ2n) is 34.0. The lowest BCUT2D eigenvalue weighted by Crippen LogP contribution is -2.48. The highest BCUT2D eigenvalue weighted by molar-refractivity contribution is 6.37. The Labute approximate surface area is 718 Å². The first kappa shape index (κ1) is 94.3. The Kier molecular flexibility index (Phi) is 38.1. The maximum absolute atomic E-state index is 13.3. The van der Waals surface area contributed by atoms with Gasteiger partial charge in [-0.05, 0) is 187 Å². The molecule has 6 aliphatic rings. The summed E-state index contributed by atoms with van der Waals surface area (Å²) in [5.41, 5.74) is 20.6. The summed E-state index contributed by atoms with van der Waals surface area (Å²) < 4.78 is 65.4. The van der Waals surface area contributed by atoms with Crippen molar-refractivity contribution in [3.63, 3.8) is 0 Å². The van der Waals surface area contributed by atoms with Crippen LogP contribution in [0.25, 0.3) is 33.4 Å². The molecule has 670 valence electrons. The van der Waals surface area contributed by atoms with E-state index >= 15 is 0 Å². The Morgan fingerprint density at radius 3 is 2.13 bits per heavy atom. The molecule has 30 nitrogen and oxygen atoms in total. The number of hydrogen-bond donors (Lipinski definition) is 4. The molecule has 0 spiro atoms. The highest BCUT2D eigenvalue weighted by Gasteiger charge is 2.43. The largest absolute Gasteiger partial charge is 0.465 e. The number of fused-ring (bicyclic) bond motifs is 5. The number of piperidine rings is 1. The van der Waals surface area contributed by atoms with Crippen LogP contribution in [0.2, 0.25) is 0 Å². The number of ketones is 2. The molecule has 8 heterocycles. The maximum atomic E-state index is 13.3. The van der Waals surface area contributed by atoms with Crippen molar-refractivity contribution < 1.29 is 85.7 Å². The number of carbonyl (C=O) groups is 6. The van der Waals surface area contributed by atoms with E-state index in [0.717, 1.165) is 137 Å². The van der Waals surface area contributed by atoms with Crippen molar-refractivity contribution in [3.8, 4) is 11.3 Å². The van der Waals surface area contributed by atoms with Gasteiger partial charge in [-0.3, -0.25) is 33.8 Å². The molecule has 2 bridgehead atoms.